The van der Waals surface area contributed by atoms with Crippen LogP contribution < -0.4 is 0 Å². The molecule has 0 bridgehead atoms. The standard InChI is InChI=1S/C11H12F2/c1-2-3-9-4-6-10(7-5-9)11(13)8-12/h4-8H,2-3H2,1H3/b11-8+. The molecule has 0 nitrogen and oxygen atoms in total. The molecular formula is C11H12F2. The topological polar surface area (TPSA) is 0 Å². The van der Waals surface area contributed by atoms with Crippen LogP contribution >= 0.6 is 0 Å². The van der Waals surface area contributed by atoms with Crippen LogP contribution in [0.3, 0.4) is 0 Å². The molecule has 0 fully saturated rings. The van der Waals surface area contributed by atoms with Crippen molar-refractivity contribution in [2.24, 2.45) is 0 Å². The summed E-state index contributed by atoms with van der Waals surface area (Å²) >= 11 is 0. The van der Waals surface area contributed by atoms with Crippen molar-refractivity contribution in [1.29, 1.82) is 0 Å². The molecule has 0 aliphatic carbocycles. The summed E-state index contributed by atoms with van der Waals surface area (Å²) in [6.45, 7) is 2.08. The van der Waals surface area contributed by atoms with Crippen molar-refractivity contribution >= 4 is 5.83 Å². The van der Waals surface area contributed by atoms with Crippen LogP contribution in [0.4, 0.5) is 8.78 Å². The second kappa shape index (κ2) is 4.75. The molecule has 1 aromatic rings. The summed E-state index contributed by atoms with van der Waals surface area (Å²) in [6.07, 6.45) is 2.01. The van der Waals surface area contributed by atoms with Crippen LogP contribution in [0.1, 0.15) is 24.5 Å². The molecule has 0 saturated carbocycles. The Kier molecular flexibility index (Phi) is 3.62. The first-order valence-corrected chi connectivity index (χ1v) is 4.33. The Bertz CT molecular complexity index is 285. The van der Waals surface area contributed by atoms with Gasteiger partial charge in [-0.25, -0.2) is 8.78 Å². The van der Waals surface area contributed by atoms with E-state index in [-0.39, 0.29) is 6.33 Å². The lowest BCUT2D eigenvalue weighted by Crippen LogP contribution is -1.83. The summed E-state index contributed by atoms with van der Waals surface area (Å²) in [5.41, 5.74) is 1.44. The van der Waals surface area contributed by atoms with Gasteiger partial charge in [0.05, 0.1) is 0 Å². The Labute approximate surface area is 76.9 Å². The lowest BCUT2D eigenvalue weighted by Gasteiger charge is -1.99. The molecule has 1 aromatic carbocycles. The molecule has 0 spiro atoms. The van der Waals surface area contributed by atoms with Crippen LogP contribution in [-0.4, -0.2) is 0 Å². The van der Waals surface area contributed by atoms with Gasteiger partial charge in [0.1, 0.15) is 6.33 Å². The van der Waals surface area contributed by atoms with Crippen molar-refractivity contribution in [3.8, 4) is 0 Å². The third kappa shape index (κ3) is 2.65. The van der Waals surface area contributed by atoms with Gasteiger partial charge in [-0.2, -0.15) is 0 Å². The highest BCUT2D eigenvalue weighted by molar-refractivity contribution is 5.57. The maximum Gasteiger partial charge on any atom is 0.158 e. The highest BCUT2D eigenvalue weighted by Gasteiger charge is 1.99. The van der Waals surface area contributed by atoms with Gasteiger partial charge in [0.15, 0.2) is 5.83 Å². The van der Waals surface area contributed by atoms with E-state index in [0.29, 0.717) is 5.56 Å². The normalized spacial score (nSPS) is 11.8. The molecule has 0 N–H and O–H groups in total. The molecular weight excluding hydrogens is 170 g/mol. The zero-order chi connectivity index (χ0) is 9.68. The van der Waals surface area contributed by atoms with Crippen molar-refractivity contribution in [2.45, 2.75) is 19.8 Å². The minimum atomic E-state index is -0.817. The van der Waals surface area contributed by atoms with Crippen molar-refractivity contribution in [3.63, 3.8) is 0 Å². The highest BCUT2D eigenvalue weighted by Crippen LogP contribution is 2.16. The molecule has 0 radical (unpaired) electrons. The Morgan fingerprint density at radius 2 is 1.92 bits per heavy atom. The van der Waals surface area contributed by atoms with Crippen molar-refractivity contribution in [1.82, 2.24) is 0 Å². The quantitative estimate of drug-likeness (QED) is 0.665. The third-order valence-corrected chi connectivity index (χ3v) is 1.86. The summed E-state index contributed by atoms with van der Waals surface area (Å²) in [5.74, 6) is -0.817. The van der Waals surface area contributed by atoms with E-state index < -0.39 is 5.83 Å². The van der Waals surface area contributed by atoms with E-state index in [2.05, 4.69) is 6.92 Å². The monoisotopic (exact) mass is 182 g/mol. The minimum absolute atomic E-state index is 0.0190. The maximum absolute atomic E-state index is 12.7. The second-order valence-electron chi connectivity index (χ2n) is 2.90. The predicted molar refractivity (Wildman–Crippen MR) is 50.6 cm³/mol. The second-order valence-corrected chi connectivity index (χ2v) is 2.90. The number of halogens is 2. The largest absolute Gasteiger partial charge is 0.212 e. The molecule has 0 aromatic heterocycles. The maximum atomic E-state index is 12.7. The van der Waals surface area contributed by atoms with E-state index in [1.54, 1.807) is 12.1 Å². The first-order chi connectivity index (χ1) is 6.27. The fourth-order valence-electron chi connectivity index (χ4n) is 1.18. The van der Waals surface area contributed by atoms with E-state index in [0.717, 1.165) is 18.4 Å². The lowest BCUT2D eigenvalue weighted by atomic mass is 10.1. The molecule has 0 aliphatic rings. The van der Waals surface area contributed by atoms with Crippen molar-refractivity contribution in [2.75, 3.05) is 0 Å². The summed E-state index contributed by atoms with van der Waals surface area (Å²) in [7, 11) is 0. The summed E-state index contributed by atoms with van der Waals surface area (Å²) in [5, 5.41) is 0. The summed E-state index contributed by atoms with van der Waals surface area (Å²) in [4.78, 5) is 0. The van der Waals surface area contributed by atoms with E-state index in [1.807, 2.05) is 12.1 Å². The average Bonchev–Trinajstić information content (AvgIpc) is 2.18. The van der Waals surface area contributed by atoms with Gasteiger partial charge in [-0.05, 0) is 12.0 Å². The van der Waals surface area contributed by atoms with Gasteiger partial charge in [-0.1, -0.05) is 37.6 Å². The highest BCUT2D eigenvalue weighted by atomic mass is 19.2. The Balaban J connectivity index is 2.81. The molecule has 2 heteroatoms. The van der Waals surface area contributed by atoms with Crippen LogP contribution in [-0.2, 0) is 6.42 Å². The third-order valence-electron chi connectivity index (χ3n) is 1.86. The molecule has 13 heavy (non-hydrogen) atoms. The molecule has 1 rings (SSSR count). The van der Waals surface area contributed by atoms with Gasteiger partial charge in [-0.15, -0.1) is 0 Å². The van der Waals surface area contributed by atoms with Gasteiger partial charge in [0.25, 0.3) is 0 Å². The zero-order valence-electron chi connectivity index (χ0n) is 7.56. The Hall–Kier alpha value is -1.18. The summed E-state index contributed by atoms with van der Waals surface area (Å²) in [6, 6.07) is 6.83. The molecule has 0 amide bonds. The first-order valence-electron chi connectivity index (χ1n) is 4.33. The van der Waals surface area contributed by atoms with Crippen molar-refractivity contribution in [3.05, 3.63) is 41.7 Å². The van der Waals surface area contributed by atoms with Crippen LogP contribution in [0, 0.1) is 0 Å². The van der Waals surface area contributed by atoms with Gasteiger partial charge in [0.2, 0.25) is 0 Å². The number of rotatable bonds is 3. The Morgan fingerprint density at radius 1 is 1.31 bits per heavy atom. The SMILES string of the molecule is CCCc1ccc(/C(F)=C\F)cc1. The number of aryl methyl sites for hydroxylation is 1. The minimum Gasteiger partial charge on any atom is -0.212 e. The van der Waals surface area contributed by atoms with Crippen LogP contribution in [0.2, 0.25) is 0 Å². The smallest absolute Gasteiger partial charge is 0.158 e. The van der Waals surface area contributed by atoms with E-state index >= 15 is 0 Å². The average molecular weight is 182 g/mol. The van der Waals surface area contributed by atoms with E-state index in [1.165, 1.54) is 0 Å². The number of hydrogen-bond donors (Lipinski definition) is 0. The van der Waals surface area contributed by atoms with Gasteiger partial charge < -0.3 is 0 Å². The van der Waals surface area contributed by atoms with E-state index in [9.17, 15) is 8.78 Å². The Morgan fingerprint density at radius 3 is 2.38 bits per heavy atom. The van der Waals surface area contributed by atoms with Crippen LogP contribution in [0.5, 0.6) is 0 Å². The molecule has 70 valence electrons. The van der Waals surface area contributed by atoms with Crippen LogP contribution in [0.15, 0.2) is 30.6 Å². The zero-order valence-corrected chi connectivity index (χ0v) is 7.56. The first kappa shape index (κ1) is 9.90. The molecule has 0 saturated heterocycles. The number of benzene rings is 1. The molecule has 0 unspecified atom stereocenters. The van der Waals surface area contributed by atoms with E-state index in [4.69, 9.17) is 0 Å². The fraction of sp³-hybridized carbons (Fsp3) is 0.273. The van der Waals surface area contributed by atoms with Gasteiger partial charge in [0, 0.05) is 5.56 Å². The van der Waals surface area contributed by atoms with Crippen molar-refractivity contribution < 1.29 is 8.78 Å². The predicted octanol–water partition coefficient (Wildman–Crippen LogP) is 3.88. The van der Waals surface area contributed by atoms with Gasteiger partial charge >= 0.3 is 0 Å². The summed E-state index contributed by atoms with van der Waals surface area (Å²) < 4.78 is 24.5. The molecule has 0 atom stereocenters. The molecule has 0 heterocycles. The molecule has 0 aliphatic heterocycles. The van der Waals surface area contributed by atoms with Crippen LogP contribution in [0.25, 0.3) is 5.83 Å². The number of hydrogen-bond acceptors (Lipinski definition) is 0. The fourth-order valence-corrected chi connectivity index (χ4v) is 1.18. The van der Waals surface area contributed by atoms with Gasteiger partial charge in [-0.3, -0.25) is 0 Å². The lowest BCUT2D eigenvalue weighted by molar-refractivity contribution is 0.671.